The molecule has 0 bridgehead atoms. The zero-order valence-electron chi connectivity index (χ0n) is 11.5. The Labute approximate surface area is 119 Å². The summed E-state index contributed by atoms with van der Waals surface area (Å²) >= 11 is 6.14. The van der Waals surface area contributed by atoms with Crippen molar-refractivity contribution in [3.05, 3.63) is 29.8 Å². The van der Waals surface area contributed by atoms with E-state index < -0.39 is 0 Å². The van der Waals surface area contributed by atoms with E-state index in [1.165, 1.54) is 0 Å². The van der Waals surface area contributed by atoms with Crippen LogP contribution in [0.1, 0.15) is 32.3 Å². The Morgan fingerprint density at radius 2 is 1.95 bits per heavy atom. The Morgan fingerprint density at radius 3 is 2.53 bits per heavy atom. The lowest BCUT2D eigenvalue weighted by Crippen LogP contribution is -2.13. The predicted octanol–water partition coefficient (Wildman–Crippen LogP) is 3.58. The first-order chi connectivity index (χ1) is 9.15. The molecule has 1 atom stereocenters. The summed E-state index contributed by atoms with van der Waals surface area (Å²) in [4.78, 5) is 11.3. The third kappa shape index (κ3) is 6.48. The largest absolute Gasteiger partial charge is 0.494 e. The van der Waals surface area contributed by atoms with Crippen LogP contribution in [0.5, 0.6) is 5.75 Å². The summed E-state index contributed by atoms with van der Waals surface area (Å²) in [5, 5.41) is -0.235. The molecule has 106 valence electrons. The lowest BCUT2D eigenvalue weighted by atomic mass is 10.1. The normalized spacial score (nSPS) is 11.9. The summed E-state index contributed by atoms with van der Waals surface area (Å²) in [5.74, 6) is 0.618. The number of carbonyl (C=O) groups excluding carboxylic acids is 1. The van der Waals surface area contributed by atoms with Gasteiger partial charge in [0.25, 0.3) is 0 Å². The number of ether oxygens (including phenoxy) is 2. The quantitative estimate of drug-likeness (QED) is 0.541. The molecule has 0 saturated heterocycles. The van der Waals surface area contributed by atoms with Gasteiger partial charge in [0.15, 0.2) is 0 Å². The lowest BCUT2D eigenvalue weighted by molar-refractivity contribution is -0.143. The lowest BCUT2D eigenvalue weighted by Gasteiger charge is -2.10. The predicted molar refractivity (Wildman–Crippen MR) is 76.8 cm³/mol. The minimum Gasteiger partial charge on any atom is -0.494 e. The van der Waals surface area contributed by atoms with Crippen molar-refractivity contribution < 1.29 is 14.3 Å². The first-order valence-electron chi connectivity index (χ1n) is 6.67. The van der Waals surface area contributed by atoms with E-state index in [-0.39, 0.29) is 17.8 Å². The first-order valence-corrected chi connectivity index (χ1v) is 7.10. The molecule has 0 radical (unpaired) electrons. The molecule has 0 aliphatic carbocycles. The minimum absolute atomic E-state index is 0.235. The van der Waals surface area contributed by atoms with Gasteiger partial charge < -0.3 is 9.47 Å². The molecule has 0 aliphatic rings. The van der Waals surface area contributed by atoms with Crippen molar-refractivity contribution in [2.45, 2.75) is 38.5 Å². The van der Waals surface area contributed by atoms with Gasteiger partial charge in [0, 0.05) is 5.38 Å². The van der Waals surface area contributed by atoms with Crippen molar-refractivity contribution in [3.63, 3.8) is 0 Å². The number of esters is 1. The van der Waals surface area contributed by atoms with E-state index in [0.717, 1.165) is 24.3 Å². The van der Waals surface area contributed by atoms with Crippen LogP contribution in [0.15, 0.2) is 24.3 Å². The SMILES string of the molecule is CCCOc1ccc(CC(Cl)CC(=O)OCC)cc1. The molecule has 0 aromatic heterocycles. The van der Waals surface area contributed by atoms with Crippen LogP contribution >= 0.6 is 11.6 Å². The van der Waals surface area contributed by atoms with Crippen LogP contribution in [-0.2, 0) is 16.0 Å². The Kier molecular flexibility index (Phi) is 7.34. The van der Waals surface area contributed by atoms with Crippen molar-refractivity contribution in [3.8, 4) is 5.75 Å². The van der Waals surface area contributed by atoms with Gasteiger partial charge in [0.05, 0.1) is 19.6 Å². The van der Waals surface area contributed by atoms with Crippen LogP contribution < -0.4 is 4.74 Å². The summed E-state index contributed by atoms with van der Waals surface area (Å²) in [7, 11) is 0. The maximum absolute atomic E-state index is 11.3. The van der Waals surface area contributed by atoms with Gasteiger partial charge in [-0.25, -0.2) is 0 Å². The highest BCUT2D eigenvalue weighted by molar-refractivity contribution is 6.21. The van der Waals surface area contributed by atoms with E-state index in [1.807, 2.05) is 24.3 Å². The van der Waals surface area contributed by atoms with Crippen LogP contribution in [0.2, 0.25) is 0 Å². The smallest absolute Gasteiger partial charge is 0.307 e. The molecule has 0 aliphatic heterocycles. The highest BCUT2D eigenvalue weighted by atomic mass is 35.5. The molecule has 1 aromatic rings. The average molecular weight is 285 g/mol. The number of benzene rings is 1. The molecule has 1 aromatic carbocycles. The van der Waals surface area contributed by atoms with Crippen LogP contribution in [0.3, 0.4) is 0 Å². The number of hydrogen-bond donors (Lipinski definition) is 0. The van der Waals surface area contributed by atoms with Gasteiger partial charge in [-0.05, 0) is 37.5 Å². The summed E-state index contributed by atoms with van der Waals surface area (Å²) in [6.07, 6.45) is 1.88. The average Bonchev–Trinajstić information content (AvgIpc) is 2.38. The molecule has 1 rings (SSSR count). The molecule has 3 nitrogen and oxygen atoms in total. The van der Waals surface area contributed by atoms with Crippen LogP contribution in [0.4, 0.5) is 0 Å². The number of rotatable bonds is 8. The second-order valence-corrected chi connectivity index (χ2v) is 4.92. The summed E-state index contributed by atoms with van der Waals surface area (Å²) in [6.45, 7) is 4.98. The number of halogens is 1. The summed E-state index contributed by atoms with van der Waals surface area (Å²) < 4.78 is 10.4. The number of alkyl halides is 1. The first kappa shape index (κ1) is 15.8. The zero-order valence-corrected chi connectivity index (χ0v) is 12.3. The molecule has 0 fully saturated rings. The van der Waals surface area contributed by atoms with E-state index >= 15 is 0 Å². The Morgan fingerprint density at radius 1 is 1.26 bits per heavy atom. The highest BCUT2D eigenvalue weighted by Crippen LogP contribution is 2.16. The number of carbonyl (C=O) groups is 1. The third-order valence-electron chi connectivity index (χ3n) is 2.55. The maximum atomic E-state index is 11.3. The number of hydrogen-bond acceptors (Lipinski definition) is 3. The molecule has 0 amide bonds. The van der Waals surface area contributed by atoms with Gasteiger partial charge in [-0.15, -0.1) is 11.6 Å². The second kappa shape index (κ2) is 8.81. The van der Waals surface area contributed by atoms with Gasteiger partial charge in [0.2, 0.25) is 0 Å². The monoisotopic (exact) mass is 284 g/mol. The van der Waals surface area contributed by atoms with Gasteiger partial charge in [-0.1, -0.05) is 19.1 Å². The van der Waals surface area contributed by atoms with Gasteiger partial charge >= 0.3 is 5.97 Å². The van der Waals surface area contributed by atoms with Crippen molar-refractivity contribution in [1.82, 2.24) is 0 Å². The molecular weight excluding hydrogens is 264 g/mol. The Bertz CT molecular complexity index is 375. The third-order valence-corrected chi connectivity index (χ3v) is 2.86. The fraction of sp³-hybridized carbons (Fsp3) is 0.533. The second-order valence-electron chi connectivity index (χ2n) is 4.30. The van der Waals surface area contributed by atoms with E-state index in [2.05, 4.69) is 6.92 Å². The van der Waals surface area contributed by atoms with Crippen molar-refractivity contribution in [2.75, 3.05) is 13.2 Å². The fourth-order valence-corrected chi connectivity index (χ4v) is 1.97. The highest BCUT2D eigenvalue weighted by Gasteiger charge is 2.12. The standard InChI is InChI=1S/C15H21ClO3/c1-3-9-19-14-7-5-12(6-8-14)10-13(16)11-15(17)18-4-2/h5-8,13H,3-4,9-11H2,1-2H3. The van der Waals surface area contributed by atoms with Crippen molar-refractivity contribution >= 4 is 17.6 Å². The van der Waals surface area contributed by atoms with E-state index in [1.54, 1.807) is 6.92 Å². The molecule has 0 N–H and O–H groups in total. The van der Waals surface area contributed by atoms with E-state index in [0.29, 0.717) is 13.0 Å². The van der Waals surface area contributed by atoms with Gasteiger partial charge in [-0.3, -0.25) is 4.79 Å². The molecule has 0 heterocycles. The summed E-state index contributed by atoms with van der Waals surface area (Å²) in [6, 6.07) is 7.81. The molecule has 0 saturated carbocycles. The van der Waals surface area contributed by atoms with E-state index in [4.69, 9.17) is 21.1 Å². The van der Waals surface area contributed by atoms with E-state index in [9.17, 15) is 4.79 Å². The van der Waals surface area contributed by atoms with Crippen LogP contribution in [-0.4, -0.2) is 24.6 Å². The summed E-state index contributed by atoms with van der Waals surface area (Å²) in [5.41, 5.74) is 1.09. The molecule has 4 heteroatoms. The molecule has 19 heavy (non-hydrogen) atoms. The molecule has 1 unspecified atom stereocenters. The Hall–Kier alpha value is -1.22. The van der Waals surface area contributed by atoms with Crippen LogP contribution in [0, 0.1) is 0 Å². The van der Waals surface area contributed by atoms with Gasteiger partial charge in [0.1, 0.15) is 5.75 Å². The van der Waals surface area contributed by atoms with Crippen molar-refractivity contribution in [1.29, 1.82) is 0 Å². The van der Waals surface area contributed by atoms with Crippen molar-refractivity contribution in [2.24, 2.45) is 0 Å². The maximum Gasteiger partial charge on any atom is 0.307 e. The molecular formula is C15H21ClO3. The topological polar surface area (TPSA) is 35.5 Å². The zero-order chi connectivity index (χ0) is 14.1. The fourth-order valence-electron chi connectivity index (χ4n) is 1.67. The molecule has 0 spiro atoms. The van der Waals surface area contributed by atoms with Crippen LogP contribution in [0.25, 0.3) is 0 Å². The Balaban J connectivity index is 2.41. The van der Waals surface area contributed by atoms with Gasteiger partial charge in [-0.2, -0.15) is 0 Å². The minimum atomic E-state index is -0.245.